The number of ether oxygens (including phenoxy) is 1. The van der Waals surface area contributed by atoms with Crippen LogP contribution >= 0.6 is 27.5 Å². The highest BCUT2D eigenvalue weighted by Crippen LogP contribution is 2.24. The van der Waals surface area contributed by atoms with E-state index in [2.05, 4.69) is 15.9 Å². The third-order valence-corrected chi connectivity index (χ3v) is 3.37. The van der Waals surface area contributed by atoms with Crippen LogP contribution < -0.4 is 10.5 Å². The molecule has 0 aliphatic rings. The van der Waals surface area contributed by atoms with Gasteiger partial charge in [-0.05, 0) is 30.3 Å². The van der Waals surface area contributed by atoms with Crippen LogP contribution in [0.25, 0.3) is 0 Å². The van der Waals surface area contributed by atoms with E-state index >= 15 is 0 Å². The molecule has 2 nitrogen and oxygen atoms in total. The minimum Gasteiger partial charge on any atom is -0.488 e. The van der Waals surface area contributed by atoms with Crippen LogP contribution in [0, 0.1) is 5.82 Å². The lowest BCUT2D eigenvalue weighted by atomic mass is 10.2. The van der Waals surface area contributed by atoms with E-state index in [9.17, 15) is 4.39 Å². The van der Waals surface area contributed by atoms with Gasteiger partial charge in [0.15, 0.2) is 0 Å². The Kier molecular flexibility index (Phi) is 4.80. The van der Waals surface area contributed by atoms with E-state index in [-0.39, 0.29) is 12.4 Å². The second kappa shape index (κ2) is 6.37. The summed E-state index contributed by atoms with van der Waals surface area (Å²) < 4.78 is 20.1. The topological polar surface area (TPSA) is 35.2 Å². The molecule has 2 N–H and O–H groups in total. The standard InChI is InChI=1S/C14H12BrClFNO/c15-11-2-4-14(10(5-11)7-18)19-8-9-1-3-12(16)6-13(9)17/h1-6H,7-8,18H2. The Morgan fingerprint density at radius 3 is 2.63 bits per heavy atom. The lowest BCUT2D eigenvalue weighted by molar-refractivity contribution is 0.297. The van der Waals surface area contributed by atoms with Crippen LogP contribution in [-0.2, 0) is 13.2 Å². The number of nitrogens with two attached hydrogens (primary N) is 1. The molecule has 0 aromatic heterocycles. The van der Waals surface area contributed by atoms with E-state index in [4.69, 9.17) is 22.1 Å². The summed E-state index contributed by atoms with van der Waals surface area (Å²) in [6.07, 6.45) is 0. The molecule has 0 radical (unpaired) electrons. The molecule has 0 amide bonds. The van der Waals surface area contributed by atoms with Gasteiger partial charge < -0.3 is 10.5 Å². The van der Waals surface area contributed by atoms with Gasteiger partial charge in [-0.2, -0.15) is 0 Å². The maximum Gasteiger partial charge on any atom is 0.131 e. The monoisotopic (exact) mass is 343 g/mol. The second-order valence-corrected chi connectivity index (χ2v) is 5.33. The molecule has 0 fully saturated rings. The first-order valence-electron chi connectivity index (χ1n) is 5.65. The third-order valence-electron chi connectivity index (χ3n) is 2.64. The number of benzene rings is 2. The molecule has 2 rings (SSSR count). The Hall–Kier alpha value is -1.10. The van der Waals surface area contributed by atoms with Gasteiger partial charge in [-0.25, -0.2) is 4.39 Å². The third kappa shape index (κ3) is 3.69. The van der Waals surface area contributed by atoms with Crippen LogP contribution in [0.4, 0.5) is 4.39 Å². The number of rotatable bonds is 4. The molecular formula is C14H12BrClFNO. The average Bonchev–Trinajstić information content (AvgIpc) is 2.39. The quantitative estimate of drug-likeness (QED) is 0.898. The van der Waals surface area contributed by atoms with E-state index in [0.717, 1.165) is 10.0 Å². The minimum absolute atomic E-state index is 0.137. The average molecular weight is 345 g/mol. The first-order valence-corrected chi connectivity index (χ1v) is 6.82. The summed E-state index contributed by atoms with van der Waals surface area (Å²) in [7, 11) is 0. The molecule has 0 aliphatic carbocycles. The highest BCUT2D eigenvalue weighted by Gasteiger charge is 2.07. The largest absolute Gasteiger partial charge is 0.488 e. The summed E-state index contributed by atoms with van der Waals surface area (Å²) in [5, 5.41) is 0.368. The van der Waals surface area contributed by atoms with Crippen LogP contribution in [-0.4, -0.2) is 0 Å². The molecule has 0 saturated carbocycles. The summed E-state index contributed by atoms with van der Waals surface area (Å²) in [5.41, 5.74) is 6.96. The van der Waals surface area contributed by atoms with Crippen molar-refractivity contribution in [2.75, 3.05) is 0 Å². The fraction of sp³-hybridized carbons (Fsp3) is 0.143. The maximum absolute atomic E-state index is 13.6. The van der Waals surface area contributed by atoms with E-state index in [1.165, 1.54) is 6.07 Å². The molecule has 19 heavy (non-hydrogen) atoms. The van der Waals surface area contributed by atoms with Gasteiger partial charge in [-0.3, -0.25) is 0 Å². The Bertz CT molecular complexity index is 592. The number of hydrogen-bond acceptors (Lipinski definition) is 2. The fourth-order valence-electron chi connectivity index (χ4n) is 1.64. The molecule has 2 aromatic carbocycles. The number of hydrogen-bond donors (Lipinski definition) is 1. The first-order chi connectivity index (χ1) is 9.10. The van der Waals surface area contributed by atoms with Crippen molar-refractivity contribution >= 4 is 27.5 Å². The van der Waals surface area contributed by atoms with Crippen molar-refractivity contribution in [2.24, 2.45) is 5.73 Å². The van der Waals surface area contributed by atoms with Crippen molar-refractivity contribution < 1.29 is 9.13 Å². The van der Waals surface area contributed by atoms with Gasteiger partial charge in [0.1, 0.15) is 18.2 Å². The lowest BCUT2D eigenvalue weighted by Gasteiger charge is -2.11. The Morgan fingerprint density at radius 1 is 1.16 bits per heavy atom. The summed E-state index contributed by atoms with van der Waals surface area (Å²) in [6.45, 7) is 0.496. The van der Waals surface area contributed by atoms with Gasteiger partial charge >= 0.3 is 0 Å². The molecule has 0 atom stereocenters. The van der Waals surface area contributed by atoms with Gasteiger partial charge in [-0.15, -0.1) is 0 Å². The zero-order valence-corrected chi connectivity index (χ0v) is 12.3. The molecule has 0 aliphatic heterocycles. The van der Waals surface area contributed by atoms with Crippen molar-refractivity contribution in [2.45, 2.75) is 13.2 Å². The molecule has 5 heteroatoms. The normalized spacial score (nSPS) is 10.5. The highest BCUT2D eigenvalue weighted by molar-refractivity contribution is 9.10. The fourth-order valence-corrected chi connectivity index (χ4v) is 2.21. The predicted octanol–water partition coefficient (Wildman–Crippen LogP) is 4.28. The van der Waals surface area contributed by atoms with Crippen molar-refractivity contribution in [3.8, 4) is 5.75 Å². The van der Waals surface area contributed by atoms with Crippen LogP contribution in [0.15, 0.2) is 40.9 Å². The first kappa shape index (κ1) is 14.3. The molecule has 0 heterocycles. The van der Waals surface area contributed by atoms with E-state index < -0.39 is 0 Å². The van der Waals surface area contributed by atoms with Gasteiger partial charge in [0, 0.05) is 27.2 Å². The minimum atomic E-state index is -0.376. The molecule has 0 unspecified atom stereocenters. The van der Waals surface area contributed by atoms with Crippen LogP contribution in [0.2, 0.25) is 5.02 Å². The van der Waals surface area contributed by atoms with Crippen molar-refractivity contribution in [1.82, 2.24) is 0 Å². The maximum atomic E-state index is 13.6. The smallest absolute Gasteiger partial charge is 0.131 e. The summed E-state index contributed by atoms with van der Waals surface area (Å²) in [4.78, 5) is 0. The molecule has 100 valence electrons. The van der Waals surface area contributed by atoms with Crippen molar-refractivity contribution in [3.63, 3.8) is 0 Å². The van der Waals surface area contributed by atoms with E-state index in [1.807, 2.05) is 12.1 Å². The Balaban J connectivity index is 2.14. The summed E-state index contributed by atoms with van der Waals surface area (Å²) >= 11 is 9.06. The molecule has 0 saturated heterocycles. The van der Waals surface area contributed by atoms with Gasteiger partial charge in [0.05, 0.1) is 0 Å². The second-order valence-electron chi connectivity index (χ2n) is 3.98. The predicted molar refractivity (Wildman–Crippen MR) is 77.8 cm³/mol. The van der Waals surface area contributed by atoms with E-state index in [0.29, 0.717) is 22.9 Å². The van der Waals surface area contributed by atoms with Crippen LogP contribution in [0.1, 0.15) is 11.1 Å². The zero-order valence-electron chi connectivity index (χ0n) is 10.00. The summed E-state index contributed by atoms with van der Waals surface area (Å²) in [6, 6.07) is 10.1. The molecule has 0 bridgehead atoms. The molecule has 0 spiro atoms. The highest BCUT2D eigenvalue weighted by atomic mass is 79.9. The van der Waals surface area contributed by atoms with Gasteiger partial charge in [-0.1, -0.05) is 33.6 Å². The van der Waals surface area contributed by atoms with Gasteiger partial charge in [0.2, 0.25) is 0 Å². The van der Waals surface area contributed by atoms with Crippen molar-refractivity contribution in [1.29, 1.82) is 0 Å². The van der Waals surface area contributed by atoms with Crippen molar-refractivity contribution in [3.05, 3.63) is 62.8 Å². The summed E-state index contributed by atoms with van der Waals surface area (Å²) in [5.74, 6) is 0.277. The Labute approximate surface area is 124 Å². The van der Waals surface area contributed by atoms with E-state index in [1.54, 1.807) is 18.2 Å². The van der Waals surface area contributed by atoms with Gasteiger partial charge in [0.25, 0.3) is 0 Å². The van der Waals surface area contributed by atoms with Crippen LogP contribution in [0.3, 0.4) is 0 Å². The number of halogens is 3. The zero-order chi connectivity index (χ0) is 13.8. The SMILES string of the molecule is NCc1cc(Br)ccc1OCc1ccc(Cl)cc1F. The van der Waals surface area contributed by atoms with Crippen LogP contribution in [0.5, 0.6) is 5.75 Å². The molecule has 2 aromatic rings. The molecular weight excluding hydrogens is 333 g/mol. The lowest BCUT2D eigenvalue weighted by Crippen LogP contribution is -2.04. The Morgan fingerprint density at radius 2 is 1.95 bits per heavy atom.